The normalized spacial score (nSPS) is 12.4. The Kier molecular flexibility index (Phi) is 4.64. The fourth-order valence-corrected chi connectivity index (χ4v) is 1.89. The van der Waals surface area contributed by atoms with E-state index >= 15 is 0 Å². The molecule has 1 aromatic rings. The maximum absolute atomic E-state index is 8.64. The molecule has 1 heterocycles. The summed E-state index contributed by atoms with van der Waals surface area (Å²) in [7, 11) is 0. The van der Waals surface area contributed by atoms with Crippen molar-refractivity contribution in [1.82, 2.24) is 5.32 Å². The first-order valence-electron chi connectivity index (χ1n) is 4.95. The summed E-state index contributed by atoms with van der Waals surface area (Å²) in [6.45, 7) is 6.38. The lowest BCUT2D eigenvalue weighted by Gasteiger charge is -2.08. The molecule has 0 aliphatic rings. The summed E-state index contributed by atoms with van der Waals surface area (Å²) in [5, 5.41) is 12.0. The lowest BCUT2D eigenvalue weighted by Crippen LogP contribution is -2.19. The second-order valence-electron chi connectivity index (χ2n) is 3.52. The maximum atomic E-state index is 8.64. The van der Waals surface area contributed by atoms with Gasteiger partial charge in [0.05, 0.1) is 0 Å². The highest BCUT2D eigenvalue weighted by molar-refractivity contribution is 7.12. The molecule has 2 nitrogen and oxygen atoms in total. The van der Waals surface area contributed by atoms with Crippen LogP contribution in [-0.2, 0) is 6.54 Å². The number of hydrogen-bond acceptors (Lipinski definition) is 3. The third kappa shape index (κ3) is 3.49. The van der Waals surface area contributed by atoms with Gasteiger partial charge in [0, 0.05) is 11.4 Å². The van der Waals surface area contributed by atoms with E-state index in [-0.39, 0.29) is 0 Å². The molecule has 1 N–H and O–H groups in total. The average Bonchev–Trinajstić information content (AvgIpc) is 2.65. The number of nitriles is 1. The summed E-state index contributed by atoms with van der Waals surface area (Å²) in [6, 6.07) is 6.05. The molecule has 0 saturated carbocycles. The van der Waals surface area contributed by atoms with Crippen LogP contribution in [-0.4, -0.2) is 6.54 Å². The van der Waals surface area contributed by atoms with Crippen molar-refractivity contribution in [1.29, 1.82) is 5.26 Å². The molecule has 0 amide bonds. The lowest BCUT2D eigenvalue weighted by atomic mass is 10.1. The number of nitrogens with one attached hydrogen (secondary N) is 1. The van der Waals surface area contributed by atoms with E-state index < -0.39 is 0 Å². The Morgan fingerprint density at radius 1 is 1.57 bits per heavy atom. The summed E-state index contributed by atoms with van der Waals surface area (Å²) in [5.74, 6) is 0.727. The van der Waals surface area contributed by atoms with Crippen LogP contribution in [0.1, 0.15) is 30.0 Å². The number of rotatable bonds is 5. The van der Waals surface area contributed by atoms with Crippen molar-refractivity contribution in [2.24, 2.45) is 5.92 Å². The molecule has 1 unspecified atom stereocenters. The van der Waals surface area contributed by atoms with E-state index in [4.69, 9.17) is 5.26 Å². The number of hydrogen-bond donors (Lipinski definition) is 1. The molecular formula is C11H16N2S. The third-order valence-electron chi connectivity index (χ3n) is 2.26. The molecule has 3 heteroatoms. The fourth-order valence-electron chi connectivity index (χ4n) is 1.12. The minimum atomic E-state index is 0.727. The van der Waals surface area contributed by atoms with Crippen LogP contribution in [0.3, 0.4) is 0 Å². The van der Waals surface area contributed by atoms with Gasteiger partial charge in [0.1, 0.15) is 10.9 Å². The first-order chi connectivity index (χ1) is 6.76. The van der Waals surface area contributed by atoms with Gasteiger partial charge in [0.15, 0.2) is 0 Å². The van der Waals surface area contributed by atoms with E-state index in [2.05, 4.69) is 25.2 Å². The van der Waals surface area contributed by atoms with Crippen LogP contribution in [0.15, 0.2) is 12.1 Å². The predicted octanol–water partition coefficient (Wildman–Crippen LogP) is 2.76. The summed E-state index contributed by atoms with van der Waals surface area (Å²) >= 11 is 1.57. The molecule has 1 atom stereocenters. The second-order valence-corrected chi connectivity index (χ2v) is 4.69. The zero-order valence-corrected chi connectivity index (χ0v) is 9.53. The first-order valence-corrected chi connectivity index (χ1v) is 5.77. The molecule has 0 bridgehead atoms. The Morgan fingerprint density at radius 3 is 2.93 bits per heavy atom. The van der Waals surface area contributed by atoms with Crippen molar-refractivity contribution in [3.05, 3.63) is 21.9 Å². The van der Waals surface area contributed by atoms with Crippen molar-refractivity contribution >= 4 is 11.3 Å². The molecule has 0 aliphatic carbocycles. The Labute approximate surface area is 89.6 Å². The Hall–Kier alpha value is -0.850. The quantitative estimate of drug-likeness (QED) is 0.807. The third-order valence-corrected chi connectivity index (χ3v) is 3.25. The zero-order chi connectivity index (χ0) is 10.4. The summed E-state index contributed by atoms with van der Waals surface area (Å²) in [5.41, 5.74) is 0. The molecule has 0 aromatic carbocycles. The van der Waals surface area contributed by atoms with Gasteiger partial charge < -0.3 is 5.32 Å². The van der Waals surface area contributed by atoms with Gasteiger partial charge in [0.25, 0.3) is 0 Å². The number of thiophene rings is 1. The van der Waals surface area contributed by atoms with Crippen LogP contribution < -0.4 is 5.32 Å². The second kappa shape index (κ2) is 5.79. The van der Waals surface area contributed by atoms with E-state index in [1.165, 1.54) is 11.3 Å². The molecule has 1 rings (SSSR count). The summed E-state index contributed by atoms with van der Waals surface area (Å²) in [4.78, 5) is 2.04. The summed E-state index contributed by atoms with van der Waals surface area (Å²) in [6.07, 6.45) is 1.21. The van der Waals surface area contributed by atoms with E-state index in [1.54, 1.807) is 11.3 Å². The molecule has 1 aromatic heterocycles. The van der Waals surface area contributed by atoms with Crippen molar-refractivity contribution in [3.8, 4) is 6.07 Å². The largest absolute Gasteiger partial charge is 0.312 e. The van der Waals surface area contributed by atoms with Gasteiger partial charge in [-0.05, 0) is 24.6 Å². The number of nitrogens with zero attached hydrogens (tertiary/aromatic N) is 1. The van der Waals surface area contributed by atoms with Crippen molar-refractivity contribution < 1.29 is 0 Å². The topological polar surface area (TPSA) is 35.8 Å². The van der Waals surface area contributed by atoms with Gasteiger partial charge in [0.2, 0.25) is 0 Å². The smallest absolute Gasteiger partial charge is 0.110 e. The highest BCUT2D eigenvalue weighted by Crippen LogP contribution is 2.14. The molecule has 0 radical (unpaired) electrons. The van der Waals surface area contributed by atoms with Gasteiger partial charge in [-0.2, -0.15) is 5.26 Å². The monoisotopic (exact) mass is 208 g/mol. The van der Waals surface area contributed by atoms with Crippen molar-refractivity contribution in [2.45, 2.75) is 26.8 Å². The minimum absolute atomic E-state index is 0.727. The van der Waals surface area contributed by atoms with Gasteiger partial charge in [-0.3, -0.25) is 0 Å². The van der Waals surface area contributed by atoms with Crippen molar-refractivity contribution in [3.63, 3.8) is 0 Å². The van der Waals surface area contributed by atoms with E-state index in [1.807, 2.05) is 12.1 Å². The Bertz CT molecular complexity index is 311. The zero-order valence-electron chi connectivity index (χ0n) is 8.71. The van der Waals surface area contributed by atoms with Gasteiger partial charge in [-0.1, -0.05) is 20.3 Å². The molecule has 76 valence electrons. The van der Waals surface area contributed by atoms with Gasteiger partial charge in [-0.25, -0.2) is 0 Å². The highest BCUT2D eigenvalue weighted by Gasteiger charge is 2.00. The van der Waals surface area contributed by atoms with Crippen molar-refractivity contribution in [2.75, 3.05) is 6.54 Å². The van der Waals surface area contributed by atoms with E-state index in [0.717, 1.165) is 23.9 Å². The van der Waals surface area contributed by atoms with Crippen LogP contribution >= 0.6 is 11.3 Å². The highest BCUT2D eigenvalue weighted by atomic mass is 32.1. The van der Waals surface area contributed by atoms with Crippen LogP contribution in [0.25, 0.3) is 0 Å². The molecular weight excluding hydrogens is 192 g/mol. The molecule has 14 heavy (non-hydrogen) atoms. The molecule has 0 aliphatic heterocycles. The van der Waals surface area contributed by atoms with Crippen LogP contribution in [0.5, 0.6) is 0 Å². The predicted molar refractivity (Wildman–Crippen MR) is 60.2 cm³/mol. The fraction of sp³-hybridized carbons (Fsp3) is 0.545. The van der Waals surface area contributed by atoms with Gasteiger partial charge in [-0.15, -0.1) is 11.3 Å². The standard InChI is InChI=1S/C11H16N2S/c1-3-9(2)7-13-8-11-5-4-10(6-12)14-11/h4-5,9,13H,3,7-8H2,1-2H3. The molecule has 0 spiro atoms. The Morgan fingerprint density at radius 2 is 2.36 bits per heavy atom. The van der Waals surface area contributed by atoms with Crippen LogP contribution in [0, 0.1) is 17.2 Å². The summed E-state index contributed by atoms with van der Waals surface area (Å²) < 4.78 is 0. The Balaban J connectivity index is 2.28. The lowest BCUT2D eigenvalue weighted by molar-refractivity contribution is 0.501. The van der Waals surface area contributed by atoms with E-state index in [0.29, 0.717) is 0 Å². The van der Waals surface area contributed by atoms with E-state index in [9.17, 15) is 0 Å². The van der Waals surface area contributed by atoms with Crippen LogP contribution in [0.2, 0.25) is 0 Å². The first kappa shape index (κ1) is 11.2. The molecule has 0 saturated heterocycles. The minimum Gasteiger partial charge on any atom is -0.312 e. The van der Waals surface area contributed by atoms with Crippen LogP contribution in [0.4, 0.5) is 0 Å². The average molecular weight is 208 g/mol. The molecule has 0 fully saturated rings. The van der Waals surface area contributed by atoms with Gasteiger partial charge >= 0.3 is 0 Å². The SMILES string of the molecule is CCC(C)CNCc1ccc(C#N)s1. The maximum Gasteiger partial charge on any atom is 0.110 e.